The Morgan fingerprint density at radius 1 is 1.16 bits per heavy atom. The zero-order chi connectivity index (χ0) is 14.0. The molecule has 0 aliphatic carbocycles. The van der Waals surface area contributed by atoms with Crippen molar-refractivity contribution >= 4 is 21.8 Å². The number of sulfone groups is 1. The molecule has 7 nitrogen and oxygen atoms in total. The van der Waals surface area contributed by atoms with Gasteiger partial charge in [-0.15, -0.1) is 0 Å². The lowest BCUT2D eigenvalue weighted by Gasteiger charge is -2.27. The van der Waals surface area contributed by atoms with E-state index in [4.69, 9.17) is 5.11 Å². The highest BCUT2D eigenvalue weighted by Gasteiger charge is 2.35. The number of hydrogen-bond acceptors (Lipinski definition) is 4. The molecule has 2 rings (SSSR count). The minimum Gasteiger partial charge on any atom is -0.480 e. The molecule has 2 N–H and O–H groups in total. The molecular weight excluding hydrogens is 272 g/mol. The van der Waals surface area contributed by atoms with E-state index in [1.807, 2.05) is 0 Å². The summed E-state index contributed by atoms with van der Waals surface area (Å²) in [4.78, 5) is 24.3. The highest BCUT2D eigenvalue weighted by Crippen LogP contribution is 2.19. The van der Waals surface area contributed by atoms with Gasteiger partial charge in [0.15, 0.2) is 0 Å². The number of amides is 2. The number of urea groups is 1. The van der Waals surface area contributed by atoms with Crippen molar-refractivity contribution in [3.63, 3.8) is 0 Å². The normalized spacial score (nSPS) is 27.2. The quantitative estimate of drug-likeness (QED) is 0.734. The predicted octanol–water partition coefficient (Wildman–Crippen LogP) is -0.178. The number of rotatable bonds is 2. The average Bonchev–Trinajstić information content (AvgIpc) is 2.81. The third-order valence-electron chi connectivity index (χ3n) is 3.68. The largest absolute Gasteiger partial charge is 0.480 e. The zero-order valence-electron chi connectivity index (χ0n) is 10.5. The highest BCUT2D eigenvalue weighted by molar-refractivity contribution is 7.91. The number of carboxylic acids is 1. The fourth-order valence-corrected chi connectivity index (χ4v) is 4.05. The Balaban J connectivity index is 1.89. The number of carbonyl (C=O) groups is 2. The Hall–Kier alpha value is -1.31. The van der Waals surface area contributed by atoms with E-state index in [0.29, 0.717) is 32.2 Å². The number of carboxylic acid groups (broad SMARTS) is 1. The molecule has 108 valence electrons. The molecule has 0 spiro atoms. The summed E-state index contributed by atoms with van der Waals surface area (Å²) in [5.74, 6) is -0.820. The first-order chi connectivity index (χ1) is 8.89. The van der Waals surface area contributed by atoms with E-state index >= 15 is 0 Å². The number of carbonyl (C=O) groups excluding carboxylic acids is 1. The van der Waals surface area contributed by atoms with E-state index < -0.39 is 27.9 Å². The molecule has 0 aromatic rings. The van der Waals surface area contributed by atoms with Crippen molar-refractivity contribution in [2.45, 2.75) is 37.8 Å². The summed E-state index contributed by atoms with van der Waals surface area (Å²) in [6.07, 6.45) is 1.96. The number of likely N-dealkylation sites (tertiary alicyclic amines) is 1. The van der Waals surface area contributed by atoms with Crippen LogP contribution in [0.5, 0.6) is 0 Å². The first-order valence-corrected chi connectivity index (χ1v) is 8.21. The molecule has 0 bridgehead atoms. The molecule has 2 fully saturated rings. The molecule has 2 aliphatic rings. The maximum absolute atomic E-state index is 12.0. The van der Waals surface area contributed by atoms with E-state index in [2.05, 4.69) is 5.32 Å². The summed E-state index contributed by atoms with van der Waals surface area (Å²) in [6, 6.07) is -1.33. The number of hydrogen-bond donors (Lipinski definition) is 2. The Morgan fingerprint density at radius 2 is 1.79 bits per heavy atom. The Labute approximate surface area is 111 Å². The molecule has 2 saturated heterocycles. The van der Waals surface area contributed by atoms with Crippen LogP contribution < -0.4 is 5.32 Å². The van der Waals surface area contributed by atoms with E-state index in [0.717, 1.165) is 0 Å². The van der Waals surface area contributed by atoms with Crippen LogP contribution in [0.1, 0.15) is 25.7 Å². The van der Waals surface area contributed by atoms with Gasteiger partial charge >= 0.3 is 12.0 Å². The standard InChI is InChI=1S/C11H18N2O5S/c14-10(15)9-2-1-5-13(9)11(16)12-8-3-6-19(17,18)7-4-8/h8-9H,1-7H2,(H,12,16)(H,14,15)/t9-/m0/s1. The van der Waals surface area contributed by atoms with Gasteiger partial charge in [0, 0.05) is 12.6 Å². The molecular formula is C11H18N2O5S. The van der Waals surface area contributed by atoms with Gasteiger partial charge in [0.05, 0.1) is 11.5 Å². The summed E-state index contributed by atoms with van der Waals surface area (Å²) in [7, 11) is -2.95. The van der Waals surface area contributed by atoms with E-state index in [9.17, 15) is 18.0 Å². The van der Waals surface area contributed by atoms with Gasteiger partial charge < -0.3 is 15.3 Å². The smallest absolute Gasteiger partial charge is 0.326 e. The zero-order valence-corrected chi connectivity index (χ0v) is 11.4. The molecule has 19 heavy (non-hydrogen) atoms. The SMILES string of the molecule is O=C(O)[C@@H]1CCCN1C(=O)NC1CCS(=O)(=O)CC1. The molecule has 0 aromatic carbocycles. The Bertz CT molecular complexity index is 461. The maximum atomic E-state index is 12.0. The van der Waals surface area contributed by atoms with Crippen LogP contribution in [0.25, 0.3) is 0 Å². The second kappa shape index (κ2) is 5.36. The third kappa shape index (κ3) is 3.37. The average molecular weight is 290 g/mol. The van der Waals surface area contributed by atoms with Crippen LogP contribution in [0.3, 0.4) is 0 Å². The monoisotopic (exact) mass is 290 g/mol. The van der Waals surface area contributed by atoms with Gasteiger partial charge in [-0.2, -0.15) is 0 Å². The van der Waals surface area contributed by atoms with Gasteiger partial charge in [0.2, 0.25) is 0 Å². The van der Waals surface area contributed by atoms with Crippen LogP contribution in [0.4, 0.5) is 4.79 Å². The van der Waals surface area contributed by atoms with Crippen LogP contribution in [-0.2, 0) is 14.6 Å². The lowest BCUT2D eigenvalue weighted by atomic mass is 10.1. The van der Waals surface area contributed by atoms with E-state index in [1.54, 1.807) is 0 Å². The fourth-order valence-electron chi connectivity index (χ4n) is 2.56. The van der Waals surface area contributed by atoms with Crippen molar-refractivity contribution in [1.82, 2.24) is 10.2 Å². The molecule has 2 heterocycles. The first-order valence-electron chi connectivity index (χ1n) is 6.39. The molecule has 0 saturated carbocycles. The predicted molar refractivity (Wildman–Crippen MR) is 67.6 cm³/mol. The maximum Gasteiger partial charge on any atom is 0.326 e. The summed E-state index contributed by atoms with van der Waals surface area (Å²) in [5.41, 5.74) is 0. The number of nitrogens with one attached hydrogen (secondary N) is 1. The van der Waals surface area contributed by atoms with Crippen LogP contribution in [0.15, 0.2) is 0 Å². The minimum atomic E-state index is -2.95. The summed E-state index contributed by atoms with van der Waals surface area (Å²) < 4.78 is 22.6. The summed E-state index contributed by atoms with van der Waals surface area (Å²) in [6.45, 7) is 0.438. The minimum absolute atomic E-state index is 0.0836. The van der Waals surface area contributed by atoms with Crippen molar-refractivity contribution in [2.24, 2.45) is 0 Å². The van der Waals surface area contributed by atoms with Crippen LogP contribution in [0, 0.1) is 0 Å². The second-order valence-electron chi connectivity index (χ2n) is 5.07. The van der Waals surface area contributed by atoms with Crippen LogP contribution >= 0.6 is 0 Å². The van der Waals surface area contributed by atoms with Gasteiger partial charge in [-0.1, -0.05) is 0 Å². The Morgan fingerprint density at radius 3 is 2.37 bits per heavy atom. The van der Waals surface area contributed by atoms with Crippen LogP contribution in [0.2, 0.25) is 0 Å². The summed E-state index contributed by atoms with van der Waals surface area (Å²) >= 11 is 0. The van der Waals surface area contributed by atoms with E-state index in [1.165, 1.54) is 4.90 Å². The molecule has 2 amide bonds. The molecule has 8 heteroatoms. The van der Waals surface area contributed by atoms with Crippen molar-refractivity contribution in [3.05, 3.63) is 0 Å². The topological polar surface area (TPSA) is 104 Å². The van der Waals surface area contributed by atoms with Gasteiger partial charge in [0.25, 0.3) is 0 Å². The summed E-state index contributed by atoms with van der Waals surface area (Å²) in [5, 5.41) is 11.7. The fraction of sp³-hybridized carbons (Fsp3) is 0.818. The first kappa shape index (κ1) is 14.1. The number of nitrogens with zero attached hydrogens (tertiary/aromatic N) is 1. The second-order valence-corrected chi connectivity index (χ2v) is 7.37. The molecule has 0 radical (unpaired) electrons. The van der Waals surface area contributed by atoms with Crippen molar-refractivity contribution in [1.29, 1.82) is 0 Å². The van der Waals surface area contributed by atoms with Crippen LogP contribution in [-0.4, -0.2) is 60.6 Å². The molecule has 0 aromatic heterocycles. The molecule has 2 aliphatic heterocycles. The molecule has 1 atom stereocenters. The van der Waals surface area contributed by atoms with Gasteiger partial charge in [-0.25, -0.2) is 18.0 Å². The van der Waals surface area contributed by atoms with Gasteiger partial charge in [0.1, 0.15) is 15.9 Å². The van der Waals surface area contributed by atoms with Crippen molar-refractivity contribution < 1.29 is 23.1 Å². The lowest BCUT2D eigenvalue weighted by molar-refractivity contribution is -0.141. The molecule has 0 unspecified atom stereocenters. The van der Waals surface area contributed by atoms with Gasteiger partial charge in [-0.05, 0) is 25.7 Å². The van der Waals surface area contributed by atoms with E-state index in [-0.39, 0.29) is 17.5 Å². The lowest BCUT2D eigenvalue weighted by Crippen LogP contribution is -2.50. The Kier molecular flexibility index (Phi) is 3.98. The number of aliphatic carboxylic acids is 1. The van der Waals surface area contributed by atoms with Crippen molar-refractivity contribution in [2.75, 3.05) is 18.1 Å². The third-order valence-corrected chi connectivity index (χ3v) is 5.40. The van der Waals surface area contributed by atoms with Gasteiger partial charge in [-0.3, -0.25) is 0 Å². The highest BCUT2D eigenvalue weighted by atomic mass is 32.2. The van der Waals surface area contributed by atoms with Crippen molar-refractivity contribution in [3.8, 4) is 0 Å².